The summed E-state index contributed by atoms with van der Waals surface area (Å²) in [5, 5.41) is 1.12. The normalized spacial score (nSPS) is 19.9. The number of imidazole rings is 3. The van der Waals surface area contributed by atoms with Gasteiger partial charge in [0.2, 0.25) is 0 Å². The molecular formula is C23H28N6S. The molecule has 2 atom stereocenters. The first-order valence-electron chi connectivity index (χ1n) is 10.9. The average molecular weight is 421 g/mol. The van der Waals surface area contributed by atoms with Crippen molar-refractivity contribution in [3.8, 4) is 0 Å². The minimum Gasteiger partial charge on any atom is -0.332 e. The first kappa shape index (κ1) is 19.4. The van der Waals surface area contributed by atoms with Crippen molar-refractivity contribution < 1.29 is 0 Å². The third-order valence-electron chi connectivity index (χ3n) is 6.23. The number of aromatic nitrogens is 6. The lowest BCUT2D eigenvalue weighted by molar-refractivity contribution is 0.293. The van der Waals surface area contributed by atoms with E-state index in [0.717, 1.165) is 28.8 Å². The number of rotatable bonds is 6. The van der Waals surface area contributed by atoms with Crippen LogP contribution in [0, 0.1) is 6.92 Å². The maximum absolute atomic E-state index is 4.72. The van der Waals surface area contributed by atoms with Gasteiger partial charge in [0, 0.05) is 37.1 Å². The maximum atomic E-state index is 4.72. The van der Waals surface area contributed by atoms with Gasteiger partial charge in [0.25, 0.3) is 0 Å². The molecule has 1 aliphatic carbocycles. The van der Waals surface area contributed by atoms with Gasteiger partial charge in [-0.1, -0.05) is 43.2 Å². The van der Waals surface area contributed by atoms with Gasteiger partial charge < -0.3 is 13.7 Å². The minimum atomic E-state index is 0.433. The predicted octanol–water partition coefficient (Wildman–Crippen LogP) is 5.28. The second kappa shape index (κ2) is 8.68. The fourth-order valence-electron chi connectivity index (χ4n) is 4.78. The monoisotopic (exact) mass is 420 g/mol. The van der Waals surface area contributed by atoms with Crippen LogP contribution in [-0.4, -0.2) is 34.4 Å². The predicted molar refractivity (Wildman–Crippen MR) is 121 cm³/mol. The van der Waals surface area contributed by atoms with Gasteiger partial charge in [0.05, 0.1) is 29.4 Å². The molecular weight excluding hydrogens is 392 g/mol. The molecule has 0 N–H and O–H groups in total. The Morgan fingerprint density at radius 1 is 1.03 bits per heavy atom. The van der Waals surface area contributed by atoms with Gasteiger partial charge in [-0.15, -0.1) is 0 Å². The quantitative estimate of drug-likeness (QED) is 0.315. The summed E-state index contributed by atoms with van der Waals surface area (Å²) in [5.41, 5.74) is 2.28. The Hall–Kier alpha value is -2.54. The molecule has 3 aromatic heterocycles. The maximum Gasteiger partial charge on any atom is 0.168 e. The number of aryl methyl sites for hydroxylation is 2. The zero-order chi connectivity index (χ0) is 20.3. The largest absolute Gasteiger partial charge is 0.332 e. The first-order chi connectivity index (χ1) is 14.8. The van der Waals surface area contributed by atoms with Crippen molar-refractivity contribution in [2.75, 3.05) is 5.75 Å². The Morgan fingerprint density at radius 2 is 1.90 bits per heavy atom. The van der Waals surface area contributed by atoms with Gasteiger partial charge in [-0.2, -0.15) is 0 Å². The van der Waals surface area contributed by atoms with Crippen molar-refractivity contribution in [1.29, 1.82) is 0 Å². The van der Waals surface area contributed by atoms with Crippen molar-refractivity contribution in [2.24, 2.45) is 0 Å². The zero-order valence-electron chi connectivity index (χ0n) is 17.4. The summed E-state index contributed by atoms with van der Waals surface area (Å²) in [4.78, 5) is 13.7. The second-order valence-corrected chi connectivity index (χ2v) is 9.11. The Bertz CT molecular complexity index is 1100. The lowest BCUT2D eigenvalue weighted by Crippen LogP contribution is -2.21. The van der Waals surface area contributed by atoms with E-state index in [1.54, 1.807) is 0 Å². The lowest BCUT2D eigenvalue weighted by Gasteiger charge is -2.28. The van der Waals surface area contributed by atoms with E-state index in [4.69, 9.17) is 9.97 Å². The molecule has 1 aliphatic rings. The highest BCUT2D eigenvalue weighted by Crippen LogP contribution is 2.38. The van der Waals surface area contributed by atoms with E-state index >= 15 is 0 Å². The Balaban J connectivity index is 1.33. The molecule has 0 saturated heterocycles. The Morgan fingerprint density at radius 3 is 2.77 bits per heavy atom. The molecule has 0 bridgehead atoms. The standard InChI is InChI=1S/C23H28N6S/c1-18-26-19-7-5-6-8-20(19)28(18)15-16-30-23-25-12-14-29(23)22-10-4-2-3-9-21(22)27-13-11-24-17-27/h5-8,11-14,17,21-22H,2-4,9-10,15-16H2,1H3. The van der Waals surface area contributed by atoms with Crippen molar-refractivity contribution in [3.05, 3.63) is 61.2 Å². The molecule has 5 rings (SSSR count). The number of hydrogen-bond donors (Lipinski definition) is 0. The van der Waals surface area contributed by atoms with E-state index in [2.05, 4.69) is 56.2 Å². The van der Waals surface area contributed by atoms with Crippen molar-refractivity contribution in [1.82, 2.24) is 28.7 Å². The number of para-hydroxylation sites is 2. The molecule has 3 heterocycles. The fraction of sp³-hybridized carbons (Fsp3) is 0.435. The number of hydrogen-bond acceptors (Lipinski definition) is 4. The van der Waals surface area contributed by atoms with Crippen molar-refractivity contribution in [2.45, 2.75) is 62.8 Å². The Kier molecular flexibility index (Phi) is 5.62. The van der Waals surface area contributed by atoms with E-state index in [9.17, 15) is 0 Å². The average Bonchev–Trinajstić information content (AvgIpc) is 3.47. The smallest absolute Gasteiger partial charge is 0.168 e. The van der Waals surface area contributed by atoms with Crippen LogP contribution >= 0.6 is 11.8 Å². The van der Waals surface area contributed by atoms with Crippen LogP contribution in [0.1, 0.15) is 50.0 Å². The molecule has 1 aromatic carbocycles. The van der Waals surface area contributed by atoms with E-state index < -0.39 is 0 Å². The Labute approximate surface area is 181 Å². The molecule has 2 unspecified atom stereocenters. The molecule has 1 fully saturated rings. The van der Waals surface area contributed by atoms with Gasteiger partial charge in [0.15, 0.2) is 5.16 Å². The lowest BCUT2D eigenvalue weighted by atomic mass is 10.0. The molecule has 4 aromatic rings. The van der Waals surface area contributed by atoms with Crippen LogP contribution in [-0.2, 0) is 6.54 Å². The van der Waals surface area contributed by atoms with E-state index in [1.165, 1.54) is 37.6 Å². The second-order valence-electron chi connectivity index (χ2n) is 8.05. The molecule has 30 heavy (non-hydrogen) atoms. The number of nitrogens with zero attached hydrogens (tertiary/aromatic N) is 6. The highest BCUT2D eigenvalue weighted by atomic mass is 32.2. The summed E-state index contributed by atoms with van der Waals surface area (Å²) in [6, 6.07) is 9.25. The number of thioether (sulfide) groups is 1. The van der Waals surface area contributed by atoms with Crippen LogP contribution in [0.25, 0.3) is 11.0 Å². The van der Waals surface area contributed by atoms with Crippen LogP contribution in [0.4, 0.5) is 0 Å². The topological polar surface area (TPSA) is 53.5 Å². The number of fused-ring (bicyclic) bond motifs is 1. The van der Waals surface area contributed by atoms with Crippen LogP contribution in [0.3, 0.4) is 0 Å². The summed E-state index contributed by atoms with van der Waals surface area (Å²) < 4.78 is 7.03. The highest BCUT2D eigenvalue weighted by molar-refractivity contribution is 7.99. The molecule has 6 nitrogen and oxygen atoms in total. The zero-order valence-corrected chi connectivity index (χ0v) is 18.2. The number of benzene rings is 1. The molecule has 1 saturated carbocycles. The van der Waals surface area contributed by atoms with E-state index in [1.807, 2.05) is 36.5 Å². The summed E-state index contributed by atoms with van der Waals surface area (Å²) >= 11 is 1.85. The molecule has 0 amide bonds. The fourth-order valence-corrected chi connectivity index (χ4v) is 5.71. The minimum absolute atomic E-state index is 0.433. The molecule has 156 valence electrons. The van der Waals surface area contributed by atoms with Gasteiger partial charge in [0.1, 0.15) is 5.82 Å². The van der Waals surface area contributed by atoms with E-state index in [0.29, 0.717) is 12.1 Å². The van der Waals surface area contributed by atoms with Crippen LogP contribution in [0.15, 0.2) is 60.5 Å². The van der Waals surface area contributed by atoms with Gasteiger partial charge in [-0.25, -0.2) is 15.0 Å². The summed E-state index contributed by atoms with van der Waals surface area (Å²) in [7, 11) is 0. The van der Waals surface area contributed by atoms with Crippen LogP contribution < -0.4 is 0 Å². The van der Waals surface area contributed by atoms with Gasteiger partial charge >= 0.3 is 0 Å². The van der Waals surface area contributed by atoms with Crippen LogP contribution in [0.2, 0.25) is 0 Å². The summed E-state index contributed by atoms with van der Waals surface area (Å²) in [6.07, 6.45) is 16.4. The first-order valence-corrected chi connectivity index (χ1v) is 11.8. The van der Waals surface area contributed by atoms with Crippen molar-refractivity contribution in [3.63, 3.8) is 0 Å². The molecule has 0 aliphatic heterocycles. The third kappa shape index (κ3) is 3.78. The molecule has 0 radical (unpaired) electrons. The van der Waals surface area contributed by atoms with E-state index in [-0.39, 0.29) is 0 Å². The van der Waals surface area contributed by atoms with Crippen LogP contribution in [0.5, 0.6) is 0 Å². The molecule has 7 heteroatoms. The van der Waals surface area contributed by atoms with Gasteiger partial charge in [-0.3, -0.25) is 0 Å². The van der Waals surface area contributed by atoms with Crippen molar-refractivity contribution >= 4 is 22.8 Å². The van der Waals surface area contributed by atoms with Gasteiger partial charge in [-0.05, 0) is 31.9 Å². The highest BCUT2D eigenvalue weighted by Gasteiger charge is 2.27. The molecule has 0 spiro atoms. The summed E-state index contributed by atoms with van der Waals surface area (Å²) in [6.45, 7) is 3.02. The SMILES string of the molecule is Cc1nc2ccccc2n1CCSc1nccn1C1CCCCCC1n1ccnc1. The summed E-state index contributed by atoms with van der Waals surface area (Å²) in [5.74, 6) is 2.05. The third-order valence-corrected chi connectivity index (χ3v) is 7.19.